The molecular formula is C26H32Cl2N4O7S. The fraction of sp³-hybridized carbons (Fsp3) is 0.462. The minimum Gasteiger partial charge on any atom is -0.495 e. The maximum Gasteiger partial charge on any atom is 0.271 e. The Bertz CT molecular complexity index is 1370. The van der Waals surface area contributed by atoms with Gasteiger partial charge in [0, 0.05) is 24.7 Å². The molecule has 2 aromatic rings. The first-order valence-electron chi connectivity index (χ1n) is 12.7. The number of methoxy groups -OCH3 is 1. The Morgan fingerprint density at radius 3 is 2.38 bits per heavy atom. The van der Waals surface area contributed by atoms with Crippen LogP contribution in [0, 0.1) is 10.1 Å². The topological polar surface area (TPSA) is 139 Å². The van der Waals surface area contributed by atoms with Gasteiger partial charge in [0.1, 0.15) is 24.0 Å². The summed E-state index contributed by atoms with van der Waals surface area (Å²) < 4.78 is 31.7. The zero-order valence-corrected chi connectivity index (χ0v) is 24.8. The molecule has 1 fully saturated rings. The van der Waals surface area contributed by atoms with Crippen LogP contribution in [0.2, 0.25) is 10.0 Å². The molecule has 1 atom stereocenters. The van der Waals surface area contributed by atoms with Crippen LogP contribution in [0.15, 0.2) is 36.4 Å². The van der Waals surface area contributed by atoms with E-state index in [9.17, 15) is 28.1 Å². The molecule has 1 N–H and O–H groups in total. The maximum atomic E-state index is 13.8. The number of halogens is 2. The number of rotatable bonds is 11. The van der Waals surface area contributed by atoms with Crippen LogP contribution in [-0.2, 0) is 26.2 Å². The number of nitrogens with one attached hydrogen (secondary N) is 1. The van der Waals surface area contributed by atoms with E-state index in [0.717, 1.165) is 48.7 Å². The molecular weight excluding hydrogens is 583 g/mol. The van der Waals surface area contributed by atoms with Crippen LogP contribution in [-0.4, -0.2) is 62.0 Å². The van der Waals surface area contributed by atoms with Crippen molar-refractivity contribution in [3.05, 3.63) is 62.1 Å². The number of hydrogen-bond acceptors (Lipinski definition) is 7. The van der Waals surface area contributed by atoms with Crippen LogP contribution in [0.25, 0.3) is 0 Å². The molecule has 2 aromatic carbocycles. The normalized spacial score (nSPS) is 14.7. The molecule has 0 heterocycles. The van der Waals surface area contributed by atoms with Crippen molar-refractivity contribution in [2.45, 2.75) is 57.7 Å². The van der Waals surface area contributed by atoms with E-state index in [0.29, 0.717) is 10.6 Å². The highest BCUT2D eigenvalue weighted by Gasteiger charge is 2.33. The van der Waals surface area contributed by atoms with Crippen molar-refractivity contribution in [3.8, 4) is 5.75 Å². The van der Waals surface area contributed by atoms with Gasteiger partial charge in [-0.15, -0.1) is 0 Å². The van der Waals surface area contributed by atoms with Crippen LogP contribution in [0.3, 0.4) is 0 Å². The number of carbonyl (C=O) groups excluding carboxylic acids is 2. The number of ether oxygens (including phenoxy) is 1. The minimum atomic E-state index is -4.13. The molecule has 2 amide bonds. The lowest BCUT2D eigenvalue weighted by Crippen LogP contribution is -2.53. The van der Waals surface area contributed by atoms with Gasteiger partial charge in [-0.25, -0.2) is 8.42 Å². The first-order chi connectivity index (χ1) is 18.8. The molecule has 1 aliphatic carbocycles. The second-order valence-electron chi connectivity index (χ2n) is 9.67. The summed E-state index contributed by atoms with van der Waals surface area (Å²) in [4.78, 5) is 39.0. The molecule has 14 heteroatoms. The standard InChI is InChI=1S/C26H32Cl2N4O7S/c1-17(26(34)29-19-7-5-4-6-8-19)30(15-18-9-11-21(27)22(28)13-18)25(33)16-31(40(3,37)38)23-14-20(32(35)36)10-12-24(23)39-2/h9-14,17,19H,4-8,15-16H2,1-3H3,(H,29,34)/t17-/m1/s1. The lowest BCUT2D eigenvalue weighted by atomic mass is 9.95. The van der Waals surface area contributed by atoms with Crippen LogP contribution in [0.1, 0.15) is 44.6 Å². The highest BCUT2D eigenvalue weighted by atomic mass is 35.5. The second-order valence-corrected chi connectivity index (χ2v) is 12.4. The largest absolute Gasteiger partial charge is 0.495 e. The third-order valence-corrected chi connectivity index (χ3v) is 8.64. The van der Waals surface area contributed by atoms with Crippen molar-refractivity contribution in [3.63, 3.8) is 0 Å². The summed E-state index contributed by atoms with van der Waals surface area (Å²) in [5, 5.41) is 15.0. The molecule has 3 rings (SSSR count). The average molecular weight is 616 g/mol. The molecule has 1 aliphatic rings. The number of sulfonamides is 1. The van der Waals surface area contributed by atoms with E-state index < -0.39 is 33.4 Å². The van der Waals surface area contributed by atoms with Crippen LogP contribution >= 0.6 is 23.2 Å². The van der Waals surface area contributed by atoms with Crippen LogP contribution in [0.4, 0.5) is 11.4 Å². The Balaban J connectivity index is 1.97. The van der Waals surface area contributed by atoms with Crippen LogP contribution < -0.4 is 14.4 Å². The van der Waals surface area contributed by atoms with Crippen molar-refractivity contribution in [1.82, 2.24) is 10.2 Å². The number of benzene rings is 2. The predicted molar refractivity (Wildman–Crippen MR) is 153 cm³/mol. The minimum absolute atomic E-state index is 0.00715. The summed E-state index contributed by atoms with van der Waals surface area (Å²) in [5.41, 5.74) is 0.00466. The van der Waals surface area contributed by atoms with Gasteiger partial charge in [-0.1, -0.05) is 48.5 Å². The molecule has 0 saturated heterocycles. The van der Waals surface area contributed by atoms with Crippen LogP contribution in [0.5, 0.6) is 5.75 Å². The first kappa shape index (κ1) is 31.4. The lowest BCUT2D eigenvalue weighted by Gasteiger charge is -2.33. The van der Waals surface area contributed by atoms with E-state index in [4.69, 9.17) is 27.9 Å². The van der Waals surface area contributed by atoms with Crippen molar-refractivity contribution in [2.75, 3.05) is 24.2 Å². The van der Waals surface area contributed by atoms with Gasteiger partial charge in [0.2, 0.25) is 21.8 Å². The zero-order chi connectivity index (χ0) is 29.6. The van der Waals surface area contributed by atoms with E-state index in [2.05, 4.69) is 5.32 Å². The fourth-order valence-corrected chi connectivity index (χ4v) is 5.73. The Morgan fingerprint density at radius 2 is 1.80 bits per heavy atom. The Hall–Kier alpha value is -3.09. The van der Waals surface area contributed by atoms with E-state index >= 15 is 0 Å². The van der Waals surface area contributed by atoms with Gasteiger partial charge < -0.3 is 15.0 Å². The predicted octanol–water partition coefficient (Wildman–Crippen LogP) is 4.54. The number of carbonyl (C=O) groups is 2. The Morgan fingerprint density at radius 1 is 1.12 bits per heavy atom. The zero-order valence-electron chi connectivity index (χ0n) is 22.4. The second kappa shape index (κ2) is 13.5. The van der Waals surface area contributed by atoms with Gasteiger partial charge in [-0.3, -0.25) is 24.0 Å². The number of hydrogen-bond donors (Lipinski definition) is 1. The molecule has 0 radical (unpaired) electrons. The summed E-state index contributed by atoms with van der Waals surface area (Å²) in [7, 11) is -2.85. The molecule has 11 nitrogen and oxygen atoms in total. The quantitative estimate of drug-likeness (QED) is 0.289. The lowest BCUT2D eigenvalue weighted by molar-refractivity contribution is -0.384. The molecule has 1 saturated carbocycles. The SMILES string of the molecule is COc1ccc([N+](=O)[O-])cc1N(CC(=O)N(Cc1ccc(Cl)c(Cl)c1)[C@H](C)C(=O)NC1CCCCC1)S(C)(=O)=O. The van der Waals surface area contributed by atoms with Crippen molar-refractivity contribution < 1.29 is 27.7 Å². The molecule has 0 aliphatic heterocycles. The number of amides is 2. The summed E-state index contributed by atoms with van der Waals surface area (Å²) in [6.45, 7) is 0.754. The maximum absolute atomic E-state index is 13.8. The number of nitro groups is 1. The third-order valence-electron chi connectivity index (χ3n) is 6.78. The molecule has 40 heavy (non-hydrogen) atoms. The number of non-ortho nitro benzene ring substituents is 1. The summed E-state index contributed by atoms with van der Waals surface area (Å²) in [6.07, 6.45) is 5.66. The Labute approximate surface area is 243 Å². The highest BCUT2D eigenvalue weighted by Crippen LogP contribution is 2.34. The number of nitro benzene ring substituents is 1. The highest BCUT2D eigenvalue weighted by molar-refractivity contribution is 7.92. The summed E-state index contributed by atoms with van der Waals surface area (Å²) in [6, 6.07) is 7.24. The third kappa shape index (κ3) is 7.98. The number of nitrogens with zero attached hydrogens (tertiary/aromatic N) is 3. The van der Waals surface area contributed by atoms with E-state index in [-0.39, 0.29) is 40.6 Å². The molecule has 0 bridgehead atoms. The van der Waals surface area contributed by atoms with Gasteiger partial charge in [-0.05, 0) is 43.5 Å². The average Bonchev–Trinajstić information content (AvgIpc) is 2.91. The van der Waals surface area contributed by atoms with Gasteiger partial charge in [0.05, 0.1) is 28.3 Å². The van der Waals surface area contributed by atoms with Gasteiger partial charge >= 0.3 is 0 Å². The smallest absolute Gasteiger partial charge is 0.271 e. The summed E-state index contributed by atoms with van der Waals surface area (Å²) >= 11 is 12.2. The molecule has 0 spiro atoms. The van der Waals surface area contributed by atoms with Crippen molar-refractivity contribution in [1.29, 1.82) is 0 Å². The van der Waals surface area contributed by atoms with E-state index in [1.165, 1.54) is 24.1 Å². The van der Waals surface area contributed by atoms with Gasteiger partial charge in [-0.2, -0.15) is 0 Å². The molecule has 218 valence electrons. The van der Waals surface area contributed by atoms with E-state index in [1.54, 1.807) is 25.1 Å². The number of anilines is 1. The van der Waals surface area contributed by atoms with Crippen molar-refractivity contribution in [2.24, 2.45) is 0 Å². The fourth-order valence-electron chi connectivity index (χ4n) is 4.57. The Kier molecular flexibility index (Phi) is 10.6. The molecule has 0 unspecified atom stereocenters. The van der Waals surface area contributed by atoms with Gasteiger partial charge in [0.25, 0.3) is 5.69 Å². The van der Waals surface area contributed by atoms with Gasteiger partial charge in [0.15, 0.2) is 0 Å². The van der Waals surface area contributed by atoms with E-state index in [1.807, 2.05) is 0 Å². The van der Waals surface area contributed by atoms with Crippen molar-refractivity contribution >= 4 is 56.4 Å². The molecule has 0 aromatic heterocycles. The first-order valence-corrected chi connectivity index (χ1v) is 15.3. The monoisotopic (exact) mass is 614 g/mol. The summed E-state index contributed by atoms with van der Waals surface area (Å²) in [5.74, 6) is -1.07.